The summed E-state index contributed by atoms with van der Waals surface area (Å²) in [6.45, 7) is 1.61. The van der Waals surface area contributed by atoms with E-state index in [1.807, 2.05) is 0 Å². The van der Waals surface area contributed by atoms with Gasteiger partial charge in [-0.2, -0.15) is 0 Å². The number of carbonyl (C=O) groups is 1. The van der Waals surface area contributed by atoms with Gasteiger partial charge in [-0.05, 0) is 13.0 Å². The molecule has 2 aromatic rings. The minimum absolute atomic E-state index is 0.0286. The number of nitro groups is 1. The van der Waals surface area contributed by atoms with Gasteiger partial charge < -0.3 is 4.74 Å². The van der Waals surface area contributed by atoms with Crippen LogP contribution in [0.15, 0.2) is 18.2 Å². The maximum Gasteiger partial charge on any atom is 0.338 e. The Labute approximate surface area is 112 Å². The Hall–Kier alpha value is -2.97. The third kappa shape index (κ3) is 2.71. The summed E-state index contributed by atoms with van der Waals surface area (Å²) in [6.07, 6.45) is 0. The Balaban J connectivity index is 2.57. The zero-order valence-corrected chi connectivity index (χ0v) is 10.6. The number of hydrogen-bond donors (Lipinski definition) is 0. The number of nitro benzene ring substituents is 1. The Kier molecular flexibility index (Phi) is 3.60. The third-order valence-corrected chi connectivity index (χ3v) is 2.39. The molecule has 102 valence electrons. The van der Waals surface area contributed by atoms with Crippen molar-refractivity contribution in [2.75, 3.05) is 7.11 Å². The van der Waals surface area contributed by atoms with Gasteiger partial charge in [-0.15, -0.1) is 20.4 Å². The molecule has 2 rings (SSSR count). The molecule has 0 spiro atoms. The largest absolute Gasteiger partial charge is 0.465 e. The molecule has 0 N–H and O–H groups in total. The van der Waals surface area contributed by atoms with E-state index in [0.29, 0.717) is 5.82 Å². The molecular weight excluding hydrogens is 266 g/mol. The highest BCUT2D eigenvalue weighted by Crippen LogP contribution is 2.23. The Morgan fingerprint density at radius 3 is 2.40 bits per heavy atom. The van der Waals surface area contributed by atoms with Gasteiger partial charge in [-0.1, -0.05) is 0 Å². The number of hydrogen-bond acceptors (Lipinski definition) is 8. The van der Waals surface area contributed by atoms with E-state index in [1.54, 1.807) is 6.92 Å². The van der Waals surface area contributed by atoms with Crippen molar-refractivity contribution in [1.82, 2.24) is 20.4 Å². The van der Waals surface area contributed by atoms with Crippen LogP contribution in [0.25, 0.3) is 11.4 Å². The minimum atomic E-state index is -0.692. The fraction of sp³-hybridized carbons (Fsp3) is 0.182. The molecule has 9 nitrogen and oxygen atoms in total. The molecule has 0 saturated heterocycles. The number of rotatable bonds is 3. The molecule has 0 aliphatic heterocycles. The van der Waals surface area contributed by atoms with Crippen LogP contribution in [0.1, 0.15) is 16.2 Å². The predicted molar refractivity (Wildman–Crippen MR) is 65.8 cm³/mol. The quantitative estimate of drug-likeness (QED) is 0.460. The summed E-state index contributed by atoms with van der Waals surface area (Å²) in [6, 6.07) is 3.73. The Morgan fingerprint density at radius 1 is 1.20 bits per heavy atom. The first-order valence-corrected chi connectivity index (χ1v) is 5.43. The Bertz CT molecular complexity index is 671. The standard InChI is InChI=1S/C11H9N5O4/c1-6-12-14-10(15-13-6)7-3-8(11(17)20-2)5-9(4-7)16(18)19/h3-5H,1-2H3. The molecule has 0 atom stereocenters. The molecule has 1 aromatic heterocycles. The molecular formula is C11H9N5O4. The van der Waals surface area contributed by atoms with E-state index < -0.39 is 10.9 Å². The Morgan fingerprint density at radius 2 is 1.85 bits per heavy atom. The van der Waals surface area contributed by atoms with Gasteiger partial charge in [0.25, 0.3) is 5.69 Å². The van der Waals surface area contributed by atoms with Crippen LogP contribution >= 0.6 is 0 Å². The average molecular weight is 275 g/mol. The van der Waals surface area contributed by atoms with E-state index in [-0.39, 0.29) is 22.6 Å². The van der Waals surface area contributed by atoms with Gasteiger partial charge in [-0.25, -0.2) is 4.79 Å². The van der Waals surface area contributed by atoms with Crippen molar-refractivity contribution in [3.8, 4) is 11.4 Å². The molecule has 1 aromatic carbocycles. The average Bonchev–Trinajstić information content (AvgIpc) is 2.46. The molecule has 0 radical (unpaired) electrons. The van der Waals surface area contributed by atoms with Crippen LogP contribution in [0, 0.1) is 17.0 Å². The van der Waals surface area contributed by atoms with Crippen molar-refractivity contribution >= 4 is 11.7 Å². The molecule has 0 bridgehead atoms. The first-order chi connectivity index (χ1) is 9.51. The molecule has 9 heteroatoms. The summed E-state index contributed by atoms with van der Waals surface area (Å²) in [4.78, 5) is 21.8. The lowest BCUT2D eigenvalue weighted by Crippen LogP contribution is -2.04. The first kappa shape index (κ1) is 13.5. The summed E-state index contributed by atoms with van der Waals surface area (Å²) in [5.74, 6) is -0.236. The van der Waals surface area contributed by atoms with Crippen LogP contribution in [-0.4, -0.2) is 38.4 Å². The molecule has 1 heterocycles. The fourth-order valence-corrected chi connectivity index (χ4v) is 1.48. The lowest BCUT2D eigenvalue weighted by Gasteiger charge is -2.03. The van der Waals surface area contributed by atoms with Gasteiger partial charge in [0.1, 0.15) is 0 Å². The summed E-state index contributed by atoms with van der Waals surface area (Å²) < 4.78 is 4.55. The second-order valence-corrected chi connectivity index (χ2v) is 3.79. The van der Waals surface area contributed by atoms with Gasteiger partial charge in [0.2, 0.25) is 5.82 Å². The van der Waals surface area contributed by atoms with Crippen molar-refractivity contribution in [3.05, 3.63) is 39.7 Å². The van der Waals surface area contributed by atoms with Crippen molar-refractivity contribution < 1.29 is 14.5 Å². The highest BCUT2D eigenvalue weighted by atomic mass is 16.6. The molecule has 0 amide bonds. The molecule has 20 heavy (non-hydrogen) atoms. The summed E-state index contributed by atoms with van der Waals surface area (Å²) in [5.41, 5.74) is 0.0209. The molecule has 0 aliphatic rings. The number of non-ortho nitro benzene ring substituents is 1. The number of aromatic nitrogens is 4. The first-order valence-electron chi connectivity index (χ1n) is 5.43. The SMILES string of the molecule is COC(=O)c1cc(-c2nnc(C)nn2)cc([N+](=O)[O-])c1. The number of methoxy groups -OCH3 is 1. The maximum atomic E-state index is 11.5. The van der Waals surface area contributed by atoms with E-state index in [9.17, 15) is 14.9 Å². The summed E-state index contributed by atoms with van der Waals surface area (Å²) in [5, 5.41) is 25.9. The van der Waals surface area contributed by atoms with Gasteiger partial charge in [0.15, 0.2) is 5.82 Å². The van der Waals surface area contributed by atoms with E-state index in [0.717, 1.165) is 6.07 Å². The highest BCUT2D eigenvalue weighted by molar-refractivity contribution is 5.91. The molecule has 0 aliphatic carbocycles. The normalized spacial score (nSPS) is 10.1. The minimum Gasteiger partial charge on any atom is -0.465 e. The van der Waals surface area contributed by atoms with E-state index >= 15 is 0 Å². The smallest absolute Gasteiger partial charge is 0.338 e. The van der Waals surface area contributed by atoms with E-state index in [2.05, 4.69) is 25.1 Å². The number of nitrogens with zero attached hydrogens (tertiary/aromatic N) is 5. The second kappa shape index (κ2) is 5.34. The predicted octanol–water partition coefficient (Wildman–Crippen LogP) is 0.937. The van der Waals surface area contributed by atoms with Crippen LogP contribution in [0.2, 0.25) is 0 Å². The number of ether oxygens (including phenoxy) is 1. The summed E-state index contributed by atoms with van der Waals surface area (Å²) >= 11 is 0. The van der Waals surface area contributed by atoms with Crippen LogP contribution in [0.3, 0.4) is 0 Å². The number of carbonyl (C=O) groups excluding carboxylic acids is 1. The molecule has 0 fully saturated rings. The van der Waals surface area contributed by atoms with Crippen LogP contribution in [0.5, 0.6) is 0 Å². The van der Waals surface area contributed by atoms with Gasteiger partial charge in [0, 0.05) is 17.7 Å². The highest BCUT2D eigenvalue weighted by Gasteiger charge is 2.17. The fourth-order valence-electron chi connectivity index (χ4n) is 1.48. The number of benzene rings is 1. The summed E-state index contributed by atoms with van der Waals surface area (Å²) in [7, 11) is 1.19. The van der Waals surface area contributed by atoms with Crippen molar-refractivity contribution in [1.29, 1.82) is 0 Å². The zero-order valence-electron chi connectivity index (χ0n) is 10.6. The molecule has 0 saturated carbocycles. The van der Waals surface area contributed by atoms with Crippen molar-refractivity contribution in [2.24, 2.45) is 0 Å². The van der Waals surface area contributed by atoms with E-state index in [4.69, 9.17) is 0 Å². The monoisotopic (exact) mass is 275 g/mol. The van der Waals surface area contributed by atoms with Crippen molar-refractivity contribution in [3.63, 3.8) is 0 Å². The third-order valence-electron chi connectivity index (χ3n) is 2.39. The van der Waals surface area contributed by atoms with Crippen molar-refractivity contribution in [2.45, 2.75) is 6.92 Å². The zero-order chi connectivity index (χ0) is 14.7. The number of aryl methyl sites for hydroxylation is 1. The maximum absolute atomic E-state index is 11.5. The lowest BCUT2D eigenvalue weighted by molar-refractivity contribution is -0.384. The van der Waals surface area contributed by atoms with Gasteiger partial charge in [-0.3, -0.25) is 10.1 Å². The van der Waals surface area contributed by atoms with Crippen LogP contribution < -0.4 is 0 Å². The topological polar surface area (TPSA) is 121 Å². The molecule has 0 unspecified atom stereocenters. The van der Waals surface area contributed by atoms with Crippen LogP contribution in [0.4, 0.5) is 5.69 Å². The lowest BCUT2D eigenvalue weighted by atomic mass is 10.1. The van der Waals surface area contributed by atoms with Crippen LogP contribution in [-0.2, 0) is 4.74 Å². The van der Waals surface area contributed by atoms with Gasteiger partial charge in [0.05, 0.1) is 17.6 Å². The number of esters is 1. The second-order valence-electron chi connectivity index (χ2n) is 3.79. The van der Waals surface area contributed by atoms with E-state index in [1.165, 1.54) is 19.2 Å². The van der Waals surface area contributed by atoms with Gasteiger partial charge >= 0.3 is 5.97 Å².